The largest absolute Gasteiger partial charge is 0.493 e. The molecule has 0 bridgehead atoms. The molecule has 0 radical (unpaired) electrons. The lowest BCUT2D eigenvalue weighted by molar-refractivity contribution is 0.252. The molecule has 3 rings (SSSR count). The molecular weight excluding hydrogens is 360 g/mol. The van der Waals surface area contributed by atoms with E-state index in [2.05, 4.69) is 10.2 Å². The van der Waals surface area contributed by atoms with E-state index in [4.69, 9.17) is 25.5 Å². The maximum absolute atomic E-state index is 5.83. The third kappa shape index (κ3) is 5.69. The lowest BCUT2D eigenvalue weighted by Crippen LogP contribution is -1.99. The topological polar surface area (TPSA) is 57.4 Å². The van der Waals surface area contributed by atoms with Gasteiger partial charge in [0.2, 0.25) is 0 Å². The first kappa shape index (κ1) is 17.6. The maximum Gasteiger partial charge on any atom is 0.276 e. The summed E-state index contributed by atoms with van der Waals surface area (Å²) in [5.74, 6) is 2.71. The Morgan fingerprint density at radius 2 is 1.88 bits per heavy atom. The summed E-state index contributed by atoms with van der Waals surface area (Å²) in [5, 5.41) is 9.17. The van der Waals surface area contributed by atoms with Crippen LogP contribution >= 0.6 is 23.4 Å². The fourth-order valence-electron chi connectivity index (χ4n) is 2.02. The second-order valence-corrected chi connectivity index (χ2v) is 6.70. The van der Waals surface area contributed by atoms with Crippen molar-refractivity contribution >= 4 is 23.4 Å². The Bertz CT molecular complexity index is 808. The molecule has 5 nitrogen and oxygen atoms in total. The summed E-state index contributed by atoms with van der Waals surface area (Å²) in [6.07, 6.45) is 0. The van der Waals surface area contributed by atoms with Crippen molar-refractivity contribution in [3.8, 4) is 11.5 Å². The van der Waals surface area contributed by atoms with E-state index in [1.165, 1.54) is 11.8 Å². The molecule has 0 N–H and O–H groups in total. The highest BCUT2D eigenvalue weighted by molar-refractivity contribution is 7.99. The van der Waals surface area contributed by atoms with Crippen LogP contribution in [-0.4, -0.2) is 22.6 Å². The predicted molar refractivity (Wildman–Crippen MR) is 97.5 cm³/mol. The Kier molecular flexibility index (Phi) is 6.19. The number of aryl methyl sites for hydroxylation is 1. The van der Waals surface area contributed by atoms with E-state index < -0.39 is 0 Å². The van der Waals surface area contributed by atoms with Crippen molar-refractivity contribution < 1.29 is 13.9 Å². The van der Waals surface area contributed by atoms with Crippen molar-refractivity contribution in [1.29, 1.82) is 0 Å². The fraction of sp³-hybridized carbons (Fsp3) is 0.222. The van der Waals surface area contributed by atoms with Crippen LogP contribution in [0.3, 0.4) is 0 Å². The SMILES string of the molecule is Cc1cccc(OCc2nnc(SCCOc3ccc(Cl)cc3)o2)c1. The molecule has 0 aliphatic heterocycles. The normalized spacial score (nSPS) is 10.6. The van der Waals surface area contributed by atoms with Crippen molar-refractivity contribution in [2.24, 2.45) is 0 Å². The smallest absolute Gasteiger partial charge is 0.276 e. The molecule has 0 atom stereocenters. The van der Waals surface area contributed by atoms with Gasteiger partial charge in [-0.15, -0.1) is 10.2 Å². The van der Waals surface area contributed by atoms with Crippen molar-refractivity contribution in [2.45, 2.75) is 18.8 Å². The second-order valence-electron chi connectivity index (χ2n) is 5.22. The van der Waals surface area contributed by atoms with Crippen LogP contribution in [0.1, 0.15) is 11.5 Å². The maximum atomic E-state index is 5.83. The van der Waals surface area contributed by atoms with Gasteiger partial charge >= 0.3 is 0 Å². The molecule has 1 heterocycles. The number of hydrogen-bond donors (Lipinski definition) is 0. The zero-order chi connectivity index (χ0) is 17.5. The van der Waals surface area contributed by atoms with Crippen molar-refractivity contribution in [2.75, 3.05) is 12.4 Å². The molecule has 0 unspecified atom stereocenters. The van der Waals surface area contributed by atoms with Crippen LogP contribution in [0.4, 0.5) is 0 Å². The van der Waals surface area contributed by atoms with E-state index in [9.17, 15) is 0 Å². The summed E-state index contributed by atoms with van der Waals surface area (Å²) in [7, 11) is 0. The Balaban J connectivity index is 1.40. The highest BCUT2D eigenvalue weighted by Crippen LogP contribution is 2.19. The van der Waals surface area contributed by atoms with Gasteiger partial charge in [0.05, 0.1) is 6.61 Å². The standard InChI is InChI=1S/C18H17ClN2O3S/c1-13-3-2-4-16(11-13)23-12-17-20-21-18(24-17)25-10-9-22-15-7-5-14(19)6-8-15/h2-8,11H,9-10,12H2,1H3. The summed E-state index contributed by atoms with van der Waals surface area (Å²) in [5.41, 5.74) is 1.14. The van der Waals surface area contributed by atoms with Gasteiger partial charge in [-0.2, -0.15) is 0 Å². The lowest BCUT2D eigenvalue weighted by Gasteiger charge is -2.04. The van der Waals surface area contributed by atoms with Crippen LogP contribution in [0, 0.1) is 6.92 Å². The van der Waals surface area contributed by atoms with Crippen molar-refractivity contribution in [3.05, 3.63) is 65.0 Å². The van der Waals surface area contributed by atoms with E-state index in [0.717, 1.165) is 17.1 Å². The van der Waals surface area contributed by atoms with Gasteiger partial charge in [-0.05, 0) is 48.9 Å². The average molecular weight is 377 g/mol. The van der Waals surface area contributed by atoms with Crippen LogP contribution in [0.15, 0.2) is 58.2 Å². The van der Waals surface area contributed by atoms with E-state index in [0.29, 0.717) is 28.5 Å². The van der Waals surface area contributed by atoms with Gasteiger partial charge < -0.3 is 13.9 Å². The van der Waals surface area contributed by atoms with E-state index >= 15 is 0 Å². The quantitative estimate of drug-likeness (QED) is 0.416. The molecule has 0 aliphatic rings. The monoisotopic (exact) mass is 376 g/mol. The molecule has 0 fully saturated rings. The number of hydrogen-bond acceptors (Lipinski definition) is 6. The second kappa shape index (κ2) is 8.78. The first-order valence-electron chi connectivity index (χ1n) is 7.72. The molecule has 130 valence electrons. The summed E-state index contributed by atoms with van der Waals surface area (Å²) in [6.45, 7) is 2.79. The Labute approximate surface area is 155 Å². The molecule has 0 spiro atoms. The minimum Gasteiger partial charge on any atom is -0.493 e. The number of rotatable bonds is 8. The molecule has 25 heavy (non-hydrogen) atoms. The number of benzene rings is 2. The van der Waals surface area contributed by atoms with Gasteiger partial charge in [0, 0.05) is 10.8 Å². The first-order valence-corrected chi connectivity index (χ1v) is 9.08. The van der Waals surface area contributed by atoms with Crippen LogP contribution in [0.5, 0.6) is 11.5 Å². The van der Waals surface area contributed by atoms with Gasteiger partial charge in [0.15, 0.2) is 6.61 Å². The van der Waals surface area contributed by atoms with Crippen LogP contribution < -0.4 is 9.47 Å². The summed E-state index contributed by atoms with van der Waals surface area (Å²) in [6, 6.07) is 15.1. The average Bonchev–Trinajstić information content (AvgIpc) is 3.06. The third-order valence-corrected chi connectivity index (χ3v) is 4.23. The minimum atomic E-state index is 0.248. The molecule has 3 aromatic rings. The van der Waals surface area contributed by atoms with Gasteiger partial charge in [-0.1, -0.05) is 35.5 Å². The Morgan fingerprint density at radius 1 is 1.04 bits per heavy atom. The van der Waals surface area contributed by atoms with E-state index in [1.807, 2.05) is 43.3 Å². The number of halogens is 1. The molecule has 0 aliphatic carbocycles. The molecular formula is C18H17ClN2O3S. The van der Waals surface area contributed by atoms with Crippen LogP contribution in [0.25, 0.3) is 0 Å². The highest BCUT2D eigenvalue weighted by Gasteiger charge is 2.07. The molecule has 0 amide bonds. The van der Waals surface area contributed by atoms with Gasteiger partial charge in [-0.25, -0.2) is 0 Å². The molecule has 1 aromatic heterocycles. The zero-order valence-corrected chi connectivity index (χ0v) is 15.2. The van der Waals surface area contributed by atoms with Crippen LogP contribution in [-0.2, 0) is 6.61 Å². The number of aromatic nitrogens is 2. The van der Waals surface area contributed by atoms with Crippen molar-refractivity contribution in [1.82, 2.24) is 10.2 Å². The number of nitrogens with zero attached hydrogens (tertiary/aromatic N) is 2. The Morgan fingerprint density at radius 3 is 2.68 bits per heavy atom. The lowest BCUT2D eigenvalue weighted by atomic mass is 10.2. The van der Waals surface area contributed by atoms with Gasteiger partial charge in [0.25, 0.3) is 11.1 Å². The summed E-state index contributed by atoms with van der Waals surface area (Å²) < 4.78 is 16.8. The first-order chi connectivity index (χ1) is 12.2. The minimum absolute atomic E-state index is 0.248. The van der Waals surface area contributed by atoms with Gasteiger partial charge in [-0.3, -0.25) is 0 Å². The molecule has 0 saturated heterocycles. The van der Waals surface area contributed by atoms with E-state index in [1.54, 1.807) is 12.1 Å². The van der Waals surface area contributed by atoms with E-state index in [-0.39, 0.29) is 6.61 Å². The van der Waals surface area contributed by atoms with Crippen molar-refractivity contribution in [3.63, 3.8) is 0 Å². The predicted octanol–water partition coefficient (Wildman–Crippen LogP) is 4.78. The molecule has 7 heteroatoms. The van der Waals surface area contributed by atoms with Gasteiger partial charge in [0.1, 0.15) is 11.5 Å². The molecule has 0 saturated carbocycles. The summed E-state index contributed by atoms with van der Waals surface area (Å²) >= 11 is 7.27. The fourth-order valence-corrected chi connectivity index (χ4v) is 2.75. The summed E-state index contributed by atoms with van der Waals surface area (Å²) in [4.78, 5) is 0. The zero-order valence-electron chi connectivity index (χ0n) is 13.6. The molecule has 2 aromatic carbocycles. The third-order valence-electron chi connectivity index (χ3n) is 3.19. The van der Waals surface area contributed by atoms with Crippen LogP contribution in [0.2, 0.25) is 5.02 Å². The number of ether oxygens (including phenoxy) is 2. The Hall–Kier alpha value is -2.18. The number of thioether (sulfide) groups is 1. The highest BCUT2D eigenvalue weighted by atomic mass is 35.5.